The van der Waals surface area contributed by atoms with Crippen molar-refractivity contribution in [3.05, 3.63) is 16.4 Å². The molecule has 0 amide bonds. The number of alkyl halides is 1. The van der Waals surface area contributed by atoms with Crippen molar-refractivity contribution in [2.45, 2.75) is 51.0 Å². The Balaban J connectivity index is 2.10. The van der Waals surface area contributed by atoms with Crippen LogP contribution in [0.4, 0.5) is 0 Å². The van der Waals surface area contributed by atoms with Crippen molar-refractivity contribution in [1.29, 1.82) is 0 Å². The minimum Gasteiger partial charge on any atom is -0.297 e. The van der Waals surface area contributed by atoms with Gasteiger partial charge in [-0.1, -0.05) is 34.5 Å². The van der Waals surface area contributed by atoms with Crippen LogP contribution in [0.5, 0.6) is 0 Å². The lowest BCUT2D eigenvalue weighted by Gasteiger charge is -2.29. The van der Waals surface area contributed by atoms with Crippen LogP contribution >= 0.6 is 27.5 Å². The molecule has 5 heteroatoms. The Kier molecular flexibility index (Phi) is 5.10. The van der Waals surface area contributed by atoms with E-state index in [1.807, 2.05) is 0 Å². The summed E-state index contributed by atoms with van der Waals surface area (Å²) < 4.78 is 2.06. The van der Waals surface area contributed by atoms with Crippen LogP contribution < -0.4 is 0 Å². The van der Waals surface area contributed by atoms with Gasteiger partial charge in [-0.2, -0.15) is 5.10 Å². The van der Waals surface area contributed by atoms with Gasteiger partial charge in [0.2, 0.25) is 0 Å². The van der Waals surface area contributed by atoms with Gasteiger partial charge >= 0.3 is 0 Å². The van der Waals surface area contributed by atoms with Crippen molar-refractivity contribution in [3.8, 4) is 0 Å². The number of nitrogens with zero attached hydrogens (tertiary/aromatic N) is 3. The van der Waals surface area contributed by atoms with E-state index in [2.05, 4.69) is 44.5 Å². The number of halogens is 2. The van der Waals surface area contributed by atoms with E-state index in [0.717, 1.165) is 43.3 Å². The number of hydrogen-bond acceptors (Lipinski definition) is 2. The fourth-order valence-electron chi connectivity index (χ4n) is 2.44. The maximum absolute atomic E-state index is 6.44. The van der Waals surface area contributed by atoms with Crippen LogP contribution in [0.2, 0.25) is 5.02 Å². The first-order chi connectivity index (χ1) is 8.65. The van der Waals surface area contributed by atoms with Gasteiger partial charge in [-0.25, -0.2) is 0 Å². The normalized spacial score (nSPS) is 18.4. The molecule has 0 radical (unpaired) electrons. The molecule has 18 heavy (non-hydrogen) atoms. The monoisotopic (exact) mass is 333 g/mol. The van der Waals surface area contributed by atoms with Crippen LogP contribution in [0.3, 0.4) is 0 Å². The second-order valence-corrected chi connectivity index (χ2v) is 6.50. The number of hydrogen-bond donors (Lipinski definition) is 0. The first-order valence-electron chi connectivity index (χ1n) is 6.76. The lowest BCUT2D eigenvalue weighted by atomic mass is 10.1. The second-order valence-electron chi connectivity index (χ2n) is 4.83. The van der Waals surface area contributed by atoms with E-state index in [1.165, 1.54) is 18.5 Å². The summed E-state index contributed by atoms with van der Waals surface area (Å²) in [5.41, 5.74) is 2.22. The molecule has 1 saturated heterocycles. The lowest BCUT2D eigenvalue weighted by molar-refractivity contribution is 0.220. The quantitative estimate of drug-likeness (QED) is 0.786. The molecular weight excluding hydrogens is 314 g/mol. The molecule has 0 aliphatic carbocycles. The van der Waals surface area contributed by atoms with Crippen LogP contribution in [0, 0.1) is 0 Å². The third-order valence-corrected chi connectivity index (χ3v) is 4.94. The summed E-state index contributed by atoms with van der Waals surface area (Å²) in [5.74, 6) is 0. The Morgan fingerprint density at radius 1 is 1.33 bits per heavy atom. The average Bonchev–Trinajstić information content (AvgIpc) is 2.69. The average molecular weight is 335 g/mol. The van der Waals surface area contributed by atoms with E-state index < -0.39 is 0 Å². The molecule has 102 valence electrons. The van der Waals surface area contributed by atoms with Gasteiger partial charge in [0.05, 0.1) is 16.4 Å². The zero-order chi connectivity index (χ0) is 13.1. The molecule has 0 bridgehead atoms. The van der Waals surface area contributed by atoms with Crippen molar-refractivity contribution < 1.29 is 0 Å². The van der Waals surface area contributed by atoms with E-state index >= 15 is 0 Å². The van der Waals surface area contributed by atoms with E-state index in [0.29, 0.717) is 4.83 Å². The Morgan fingerprint density at radius 3 is 2.56 bits per heavy atom. The number of aryl methyl sites for hydroxylation is 2. The molecule has 0 spiro atoms. The minimum atomic E-state index is 0.687. The summed E-state index contributed by atoms with van der Waals surface area (Å²) in [6, 6.07) is 0. The highest BCUT2D eigenvalue weighted by atomic mass is 79.9. The maximum atomic E-state index is 6.44. The van der Waals surface area contributed by atoms with Gasteiger partial charge in [0.1, 0.15) is 0 Å². The fraction of sp³-hybridized carbons (Fsp3) is 0.769. The lowest BCUT2D eigenvalue weighted by Crippen LogP contribution is -2.34. The molecule has 0 N–H and O–H groups in total. The predicted octanol–water partition coefficient (Wildman–Crippen LogP) is 3.48. The molecule has 1 aliphatic rings. The first kappa shape index (κ1) is 14.4. The van der Waals surface area contributed by atoms with Gasteiger partial charge in [-0.05, 0) is 39.3 Å². The summed E-state index contributed by atoms with van der Waals surface area (Å²) >= 11 is 10.1. The SMILES string of the molecule is CCc1nn(CC)c(CN2CCC(Br)CC2)c1Cl. The van der Waals surface area contributed by atoms with Gasteiger partial charge in [-0.3, -0.25) is 9.58 Å². The third-order valence-electron chi connectivity index (χ3n) is 3.58. The van der Waals surface area contributed by atoms with Crippen molar-refractivity contribution in [3.63, 3.8) is 0 Å². The van der Waals surface area contributed by atoms with Crippen LogP contribution in [-0.4, -0.2) is 32.6 Å². The number of likely N-dealkylation sites (tertiary alicyclic amines) is 1. The van der Waals surface area contributed by atoms with E-state index in [-0.39, 0.29) is 0 Å². The molecule has 0 aromatic carbocycles. The molecule has 1 aromatic rings. The molecule has 0 unspecified atom stereocenters. The summed E-state index contributed by atoms with van der Waals surface area (Å²) in [6.07, 6.45) is 3.35. The Labute approximate surface area is 123 Å². The van der Waals surface area contributed by atoms with E-state index in [1.54, 1.807) is 0 Å². The molecule has 2 rings (SSSR count). The summed E-state index contributed by atoms with van der Waals surface area (Å²) in [4.78, 5) is 3.17. The molecular formula is C13H21BrClN3. The van der Waals surface area contributed by atoms with Crippen LogP contribution in [-0.2, 0) is 19.5 Å². The molecule has 0 atom stereocenters. The van der Waals surface area contributed by atoms with Crippen molar-refractivity contribution in [2.75, 3.05) is 13.1 Å². The van der Waals surface area contributed by atoms with Crippen molar-refractivity contribution in [2.24, 2.45) is 0 Å². The largest absolute Gasteiger partial charge is 0.297 e. The van der Waals surface area contributed by atoms with E-state index in [9.17, 15) is 0 Å². The standard InChI is InChI=1S/C13H21BrClN3/c1-3-11-13(15)12(18(4-2)16-11)9-17-7-5-10(14)6-8-17/h10H,3-9H2,1-2H3. The summed E-state index contributed by atoms with van der Waals surface area (Å²) in [7, 11) is 0. The molecule has 3 nitrogen and oxygen atoms in total. The molecule has 1 fully saturated rings. The predicted molar refractivity (Wildman–Crippen MR) is 79.5 cm³/mol. The van der Waals surface area contributed by atoms with E-state index in [4.69, 9.17) is 11.6 Å². The van der Waals surface area contributed by atoms with Gasteiger partial charge in [-0.15, -0.1) is 0 Å². The van der Waals surface area contributed by atoms with Crippen LogP contribution in [0.25, 0.3) is 0 Å². The number of piperidine rings is 1. The third kappa shape index (κ3) is 3.09. The molecule has 1 aromatic heterocycles. The van der Waals surface area contributed by atoms with Gasteiger partial charge < -0.3 is 0 Å². The highest BCUT2D eigenvalue weighted by Crippen LogP contribution is 2.25. The zero-order valence-corrected chi connectivity index (χ0v) is 13.5. The Hall–Kier alpha value is -0.0600. The molecule has 2 heterocycles. The van der Waals surface area contributed by atoms with Crippen LogP contribution in [0.15, 0.2) is 0 Å². The smallest absolute Gasteiger partial charge is 0.0863 e. The zero-order valence-electron chi connectivity index (χ0n) is 11.1. The van der Waals surface area contributed by atoms with Crippen molar-refractivity contribution >= 4 is 27.5 Å². The molecule has 1 aliphatic heterocycles. The summed E-state index contributed by atoms with van der Waals surface area (Å²) in [6.45, 7) is 8.33. The summed E-state index contributed by atoms with van der Waals surface area (Å²) in [5, 5.41) is 5.45. The van der Waals surface area contributed by atoms with Crippen LogP contribution in [0.1, 0.15) is 38.1 Å². The number of aromatic nitrogens is 2. The Bertz CT molecular complexity index is 397. The van der Waals surface area contributed by atoms with Gasteiger partial charge in [0.25, 0.3) is 0 Å². The first-order valence-corrected chi connectivity index (χ1v) is 8.05. The second kappa shape index (κ2) is 6.40. The Morgan fingerprint density at radius 2 is 2.00 bits per heavy atom. The maximum Gasteiger partial charge on any atom is 0.0863 e. The fourth-order valence-corrected chi connectivity index (χ4v) is 3.18. The minimum absolute atomic E-state index is 0.687. The number of rotatable bonds is 4. The highest BCUT2D eigenvalue weighted by Gasteiger charge is 2.21. The van der Waals surface area contributed by atoms with Crippen molar-refractivity contribution in [1.82, 2.24) is 14.7 Å². The molecule has 0 saturated carbocycles. The van der Waals surface area contributed by atoms with Gasteiger partial charge in [0, 0.05) is 17.9 Å². The van der Waals surface area contributed by atoms with Gasteiger partial charge in [0.15, 0.2) is 0 Å². The topological polar surface area (TPSA) is 21.1 Å². The highest BCUT2D eigenvalue weighted by molar-refractivity contribution is 9.09.